The van der Waals surface area contributed by atoms with Gasteiger partial charge in [-0.3, -0.25) is 4.79 Å². The van der Waals surface area contributed by atoms with Crippen LogP contribution in [0.4, 0.5) is 0 Å². The van der Waals surface area contributed by atoms with Crippen molar-refractivity contribution in [1.82, 2.24) is 25.1 Å². The van der Waals surface area contributed by atoms with Crippen LogP contribution in [0.2, 0.25) is 0 Å². The van der Waals surface area contributed by atoms with Gasteiger partial charge >= 0.3 is 0 Å². The van der Waals surface area contributed by atoms with Crippen molar-refractivity contribution < 1.29 is 9.53 Å². The van der Waals surface area contributed by atoms with Crippen molar-refractivity contribution in [1.29, 1.82) is 0 Å². The van der Waals surface area contributed by atoms with Gasteiger partial charge in [0, 0.05) is 32.4 Å². The SMILES string of the molecule is COCCNC(=O)CCc1nn2c(C(C)C)nnc2s1. The van der Waals surface area contributed by atoms with Crippen molar-refractivity contribution in [2.45, 2.75) is 32.6 Å². The van der Waals surface area contributed by atoms with Crippen LogP contribution in [0.15, 0.2) is 0 Å². The molecule has 0 aromatic carbocycles. The maximum Gasteiger partial charge on any atom is 0.234 e. The molecule has 2 rings (SSSR count). The minimum absolute atomic E-state index is 0.0112. The zero-order chi connectivity index (χ0) is 14.5. The number of ether oxygens (including phenoxy) is 1. The summed E-state index contributed by atoms with van der Waals surface area (Å²) in [5.41, 5.74) is 0. The van der Waals surface area contributed by atoms with Crippen LogP contribution >= 0.6 is 11.3 Å². The Hall–Kier alpha value is -1.54. The van der Waals surface area contributed by atoms with Gasteiger partial charge in [0.1, 0.15) is 5.01 Å². The highest BCUT2D eigenvalue weighted by atomic mass is 32.1. The summed E-state index contributed by atoms with van der Waals surface area (Å²) in [5, 5.41) is 16.4. The molecule has 0 aliphatic heterocycles. The van der Waals surface area contributed by atoms with Crippen molar-refractivity contribution in [3.63, 3.8) is 0 Å². The molecule has 0 bridgehead atoms. The summed E-state index contributed by atoms with van der Waals surface area (Å²) >= 11 is 1.48. The summed E-state index contributed by atoms with van der Waals surface area (Å²) in [5.74, 6) is 1.14. The lowest BCUT2D eigenvalue weighted by molar-refractivity contribution is -0.121. The van der Waals surface area contributed by atoms with Crippen molar-refractivity contribution >= 4 is 22.2 Å². The number of amides is 1. The first-order valence-electron chi connectivity index (χ1n) is 6.58. The van der Waals surface area contributed by atoms with E-state index in [0.717, 1.165) is 15.8 Å². The topological polar surface area (TPSA) is 81.4 Å². The monoisotopic (exact) mass is 297 g/mol. The van der Waals surface area contributed by atoms with E-state index in [2.05, 4.69) is 34.5 Å². The lowest BCUT2D eigenvalue weighted by Gasteiger charge is -2.02. The normalized spacial score (nSPS) is 11.4. The average molecular weight is 297 g/mol. The summed E-state index contributed by atoms with van der Waals surface area (Å²) in [6, 6.07) is 0. The molecule has 2 aromatic rings. The highest BCUT2D eigenvalue weighted by molar-refractivity contribution is 7.16. The van der Waals surface area contributed by atoms with Gasteiger partial charge in [-0.05, 0) is 0 Å². The Bertz CT molecular complexity index is 577. The first-order valence-corrected chi connectivity index (χ1v) is 7.40. The molecule has 0 saturated carbocycles. The van der Waals surface area contributed by atoms with Crippen molar-refractivity contribution in [3.8, 4) is 0 Å². The molecule has 2 heterocycles. The molecule has 0 spiro atoms. The van der Waals surface area contributed by atoms with Crippen LogP contribution in [0.1, 0.15) is 37.0 Å². The Kier molecular flexibility index (Phi) is 5.02. The van der Waals surface area contributed by atoms with E-state index >= 15 is 0 Å². The molecular weight excluding hydrogens is 278 g/mol. The summed E-state index contributed by atoms with van der Waals surface area (Å²) in [6.07, 6.45) is 1.04. The zero-order valence-corrected chi connectivity index (χ0v) is 12.7. The van der Waals surface area contributed by atoms with E-state index in [1.54, 1.807) is 11.6 Å². The number of fused-ring (bicyclic) bond motifs is 1. The fraction of sp³-hybridized carbons (Fsp3) is 0.667. The average Bonchev–Trinajstić information content (AvgIpc) is 2.95. The van der Waals surface area contributed by atoms with Gasteiger partial charge in [-0.25, -0.2) is 0 Å². The van der Waals surface area contributed by atoms with Gasteiger partial charge < -0.3 is 10.1 Å². The summed E-state index contributed by atoms with van der Waals surface area (Å²) in [7, 11) is 1.61. The molecule has 2 aromatic heterocycles. The molecule has 20 heavy (non-hydrogen) atoms. The Morgan fingerprint density at radius 2 is 2.25 bits per heavy atom. The van der Waals surface area contributed by atoms with Gasteiger partial charge in [-0.1, -0.05) is 25.2 Å². The zero-order valence-electron chi connectivity index (χ0n) is 11.9. The van der Waals surface area contributed by atoms with E-state index in [-0.39, 0.29) is 11.8 Å². The predicted octanol–water partition coefficient (Wildman–Crippen LogP) is 1.00. The van der Waals surface area contributed by atoms with Crippen LogP contribution in [0.5, 0.6) is 0 Å². The fourth-order valence-corrected chi connectivity index (χ4v) is 2.57. The second kappa shape index (κ2) is 6.76. The van der Waals surface area contributed by atoms with E-state index in [1.165, 1.54) is 11.3 Å². The number of aromatic nitrogens is 4. The molecule has 1 N–H and O–H groups in total. The second-order valence-electron chi connectivity index (χ2n) is 4.75. The third-order valence-corrected chi connectivity index (χ3v) is 3.73. The first kappa shape index (κ1) is 14.9. The molecule has 7 nitrogen and oxygen atoms in total. The Morgan fingerprint density at radius 1 is 1.45 bits per heavy atom. The van der Waals surface area contributed by atoms with Gasteiger partial charge in [-0.15, -0.1) is 10.2 Å². The van der Waals surface area contributed by atoms with Crippen LogP contribution in [0, 0.1) is 0 Å². The van der Waals surface area contributed by atoms with E-state index < -0.39 is 0 Å². The number of hydrogen-bond acceptors (Lipinski definition) is 6. The van der Waals surface area contributed by atoms with Crippen LogP contribution in [0.25, 0.3) is 4.96 Å². The third-order valence-electron chi connectivity index (χ3n) is 2.77. The summed E-state index contributed by atoms with van der Waals surface area (Å²) in [6.45, 7) is 5.18. The minimum atomic E-state index is 0.0112. The minimum Gasteiger partial charge on any atom is -0.383 e. The molecule has 8 heteroatoms. The molecular formula is C12H19N5O2S. The highest BCUT2D eigenvalue weighted by Crippen LogP contribution is 2.19. The van der Waals surface area contributed by atoms with E-state index in [9.17, 15) is 4.79 Å². The number of carbonyl (C=O) groups excluding carboxylic acids is 1. The van der Waals surface area contributed by atoms with Gasteiger partial charge in [0.25, 0.3) is 0 Å². The summed E-state index contributed by atoms with van der Waals surface area (Å²) < 4.78 is 6.65. The lowest BCUT2D eigenvalue weighted by Crippen LogP contribution is -2.27. The number of nitrogens with zero attached hydrogens (tertiary/aromatic N) is 4. The van der Waals surface area contributed by atoms with E-state index in [0.29, 0.717) is 26.0 Å². The van der Waals surface area contributed by atoms with Crippen LogP contribution in [-0.2, 0) is 16.0 Å². The molecule has 0 aliphatic carbocycles. The molecule has 0 fully saturated rings. The van der Waals surface area contributed by atoms with Gasteiger partial charge in [0.15, 0.2) is 5.82 Å². The number of aryl methyl sites for hydroxylation is 1. The van der Waals surface area contributed by atoms with Crippen molar-refractivity contribution in [2.24, 2.45) is 0 Å². The summed E-state index contributed by atoms with van der Waals surface area (Å²) in [4.78, 5) is 12.4. The fourth-order valence-electron chi connectivity index (χ4n) is 1.73. The lowest BCUT2D eigenvalue weighted by atomic mass is 10.2. The number of hydrogen-bond donors (Lipinski definition) is 1. The largest absolute Gasteiger partial charge is 0.383 e. The molecule has 0 atom stereocenters. The third kappa shape index (κ3) is 3.51. The Balaban J connectivity index is 1.92. The highest BCUT2D eigenvalue weighted by Gasteiger charge is 2.14. The maximum atomic E-state index is 11.6. The first-order chi connectivity index (χ1) is 9.61. The Labute approximate surface area is 121 Å². The number of rotatable bonds is 7. The standard InChI is InChI=1S/C12H19N5O2S/c1-8(2)11-14-15-12-17(11)16-10(20-12)5-4-9(18)13-6-7-19-3/h8H,4-7H2,1-3H3,(H,13,18). The van der Waals surface area contributed by atoms with Gasteiger partial charge in [0.2, 0.25) is 10.9 Å². The molecule has 1 amide bonds. The molecule has 0 aliphatic rings. The molecule has 0 unspecified atom stereocenters. The van der Waals surface area contributed by atoms with E-state index in [4.69, 9.17) is 4.74 Å². The maximum absolute atomic E-state index is 11.6. The number of nitrogens with one attached hydrogen (secondary N) is 1. The van der Waals surface area contributed by atoms with Crippen molar-refractivity contribution in [2.75, 3.05) is 20.3 Å². The second-order valence-corrected chi connectivity index (χ2v) is 5.79. The molecule has 0 saturated heterocycles. The quantitative estimate of drug-likeness (QED) is 0.771. The number of methoxy groups -OCH3 is 1. The van der Waals surface area contributed by atoms with Crippen LogP contribution < -0.4 is 5.32 Å². The van der Waals surface area contributed by atoms with Crippen molar-refractivity contribution in [3.05, 3.63) is 10.8 Å². The van der Waals surface area contributed by atoms with Crippen LogP contribution in [-0.4, -0.2) is 46.0 Å². The number of carbonyl (C=O) groups is 1. The van der Waals surface area contributed by atoms with Gasteiger partial charge in [0.05, 0.1) is 6.61 Å². The predicted molar refractivity (Wildman–Crippen MR) is 76.0 cm³/mol. The Morgan fingerprint density at radius 3 is 2.95 bits per heavy atom. The van der Waals surface area contributed by atoms with E-state index in [1.807, 2.05) is 0 Å². The molecule has 110 valence electrons. The molecule has 0 radical (unpaired) electrons. The smallest absolute Gasteiger partial charge is 0.234 e. The van der Waals surface area contributed by atoms with Gasteiger partial charge in [-0.2, -0.15) is 9.61 Å². The van der Waals surface area contributed by atoms with Crippen LogP contribution in [0.3, 0.4) is 0 Å².